The van der Waals surface area contributed by atoms with Gasteiger partial charge >= 0.3 is 0 Å². The molecule has 8 heteroatoms. The van der Waals surface area contributed by atoms with Crippen molar-refractivity contribution in [3.8, 4) is 11.3 Å². The Morgan fingerprint density at radius 3 is 2.85 bits per heavy atom. The highest BCUT2D eigenvalue weighted by Crippen LogP contribution is 2.30. The number of fused-ring (bicyclic) bond motifs is 2. The molecular weight excluding hydrogens is 345 g/mol. The molecule has 0 aliphatic rings. The number of H-pyrrole nitrogens is 1. The third-order valence-corrected chi connectivity index (χ3v) is 4.86. The predicted octanol–water partition coefficient (Wildman–Crippen LogP) is 3.30. The molecule has 0 saturated carbocycles. The van der Waals surface area contributed by atoms with Crippen molar-refractivity contribution >= 4 is 16.6 Å². The normalized spacial score (nSPS) is 12.9. The van der Waals surface area contributed by atoms with Crippen LogP contribution in [0.25, 0.3) is 27.8 Å². The number of hydrogen-bond donors (Lipinski definition) is 1. The molecule has 0 aliphatic heterocycles. The molecule has 7 nitrogen and oxygen atoms in total. The van der Waals surface area contributed by atoms with Gasteiger partial charge in [-0.2, -0.15) is 15.3 Å². The van der Waals surface area contributed by atoms with Gasteiger partial charge in [0, 0.05) is 30.1 Å². The zero-order valence-corrected chi connectivity index (χ0v) is 14.8. The average Bonchev–Trinajstić information content (AvgIpc) is 3.38. The molecular formula is C19H16FN7. The molecule has 0 saturated heterocycles. The van der Waals surface area contributed by atoms with Gasteiger partial charge in [-0.1, -0.05) is 6.92 Å². The quantitative estimate of drug-likeness (QED) is 0.535. The highest BCUT2D eigenvalue weighted by atomic mass is 19.1. The van der Waals surface area contributed by atoms with Gasteiger partial charge in [0.25, 0.3) is 0 Å². The molecule has 5 rings (SSSR count). The average molecular weight is 361 g/mol. The molecule has 0 radical (unpaired) electrons. The Morgan fingerprint density at radius 1 is 1.15 bits per heavy atom. The fourth-order valence-corrected chi connectivity index (χ4v) is 3.37. The lowest BCUT2D eigenvalue weighted by Crippen LogP contribution is -2.06. The van der Waals surface area contributed by atoms with Crippen LogP contribution in [0.5, 0.6) is 0 Å². The lowest BCUT2D eigenvalue weighted by molar-refractivity contribution is 0.600. The Bertz CT molecular complexity index is 1280. The van der Waals surface area contributed by atoms with Gasteiger partial charge in [-0.15, -0.1) is 0 Å². The van der Waals surface area contributed by atoms with Crippen molar-refractivity contribution in [3.05, 3.63) is 66.1 Å². The second-order valence-electron chi connectivity index (χ2n) is 6.63. The molecule has 0 aliphatic carbocycles. The van der Waals surface area contributed by atoms with Gasteiger partial charge in [-0.3, -0.25) is 9.78 Å². The fraction of sp³-hybridized carbons (Fsp3) is 0.158. The molecule has 0 spiro atoms. The molecule has 1 N–H and O–H groups in total. The van der Waals surface area contributed by atoms with Gasteiger partial charge in [-0.05, 0) is 29.8 Å². The van der Waals surface area contributed by atoms with E-state index in [1.807, 2.05) is 38.4 Å². The molecule has 0 amide bonds. The summed E-state index contributed by atoms with van der Waals surface area (Å²) in [6.07, 6.45) is 7.11. The minimum absolute atomic E-state index is 0.226. The first-order valence-electron chi connectivity index (χ1n) is 8.56. The summed E-state index contributed by atoms with van der Waals surface area (Å²) in [4.78, 5) is 4.43. The van der Waals surface area contributed by atoms with Crippen molar-refractivity contribution in [2.24, 2.45) is 7.05 Å². The number of nitrogens with zero attached hydrogens (tertiary/aromatic N) is 6. The maximum Gasteiger partial charge on any atom is 0.153 e. The van der Waals surface area contributed by atoms with Crippen LogP contribution in [-0.2, 0) is 7.05 Å². The van der Waals surface area contributed by atoms with Crippen LogP contribution >= 0.6 is 0 Å². The molecule has 27 heavy (non-hydrogen) atoms. The highest BCUT2D eigenvalue weighted by Gasteiger charge is 2.19. The molecule has 1 atom stereocenters. The third-order valence-electron chi connectivity index (χ3n) is 4.86. The van der Waals surface area contributed by atoms with Gasteiger partial charge < -0.3 is 0 Å². The Morgan fingerprint density at radius 2 is 2.04 bits per heavy atom. The van der Waals surface area contributed by atoms with Crippen LogP contribution in [0.1, 0.15) is 24.1 Å². The monoisotopic (exact) mass is 361 g/mol. The first-order chi connectivity index (χ1) is 13.1. The summed E-state index contributed by atoms with van der Waals surface area (Å²) < 4.78 is 18.2. The first kappa shape index (κ1) is 15.7. The van der Waals surface area contributed by atoms with Crippen LogP contribution < -0.4 is 0 Å². The minimum atomic E-state index is -0.280. The number of imidazole rings is 1. The third kappa shape index (κ3) is 2.49. The van der Waals surface area contributed by atoms with Crippen molar-refractivity contribution < 1.29 is 4.39 Å². The van der Waals surface area contributed by atoms with Gasteiger partial charge in [-0.25, -0.2) is 13.9 Å². The molecule has 4 heterocycles. The number of hydrogen-bond acceptors (Lipinski definition) is 4. The van der Waals surface area contributed by atoms with E-state index in [1.54, 1.807) is 27.8 Å². The van der Waals surface area contributed by atoms with E-state index in [0.717, 1.165) is 22.3 Å². The zero-order valence-electron chi connectivity index (χ0n) is 14.8. The van der Waals surface area contributed by atoms with E-state index in [9.17, 15) is 4.39 Å². The number of benzene rings is 1. The smallest absolute Gasteiger partial charge is 0.153 e. The Kier molecular flexibility index (Phi) is 3.33. The molecule has 134 valence electrons. The number of halogens is 1. The summed E-state index contributed by atoms with van der Waals surface area (Å²) in [6, 6.07) is 7.11. The standard InChI is InChI=1S/C19H16FN7/c1-11(14-5-12-7-22-24-17(12)6-15(14)20)18-9-21-19-4-3-16(25-27(18)19)13-8-23-26(2)10-13/h3-11H,1-2H3,(H,22,24). The van der Waals surface area contributed by atoms with Crippen LogP contribution in [0, 0.1) is 5.82 Å². The summed E-state index contributed by atoms with van der Waals surface area (Å²) in [5.41, 5.74) is 4.50. The Hall–Kier alpha value is -3.55. The van der Waals surface area contributed by atoms with E-state index in [2.05, 4.69) is 20.3 Å². The molecule has 1 aromatic carbocycles. The van der Waals surface area contributed by atoms with Crippen molar-refractivity contribution in [2.45, 2.75) is 12.8 Å². The Balaban J connectivity index is 1.63. The molecule has 5 aromatic rings. The van der Waals surface area contributed by atoms with E-state index in [4.69, 9.17) is 5.10 Å². The first-order valence-corrected chi connectivity index (χ1v) is 8.56. The second-order valence-corrected chi connectivity index (χ2v) is 6.63. The summed E-state index contributed by atoms with van der Waals surface area (Å²) >= 11 is 0. The number of aryl methyl sites for hydroxylation is 1. The maximum atomic E-state index is 14.7. The van der Waals surface area contributed by atoms with Crippen molar-refractivity contribution in [3.63, 3.8) is 0 Å². The summed E-state index contributed by atoms with van der Waals surface area (Å²) in [5, 5.41) is 16.5. The highest BCUT2D eigenvalue weighted by molar-refractivity contribution is 5.79. The zero-order chi connectivity index (χ0) is 18.5. The SMILES string of the molecule is CC(c1cc2cn[nH]c2cc1F)c1cnc2ccc(-c3cnn(C)c3)nn12. The largest absolute Gasteiger partial charge is 0.278 e. The number of nitrogens with one attached hydrogen (secondary N) is 1. The Labute approximate surface area is 153 Å². The van der Waals surface area contributed by atoms with Gasteiger partial charge in [0.05, 0.1) is 35.5 Å². The predicted molar refractivity (Wildman–Crippen MR) is 98.8 cm³/mol. The molecule has 0 bridgehead atoms. The molecule has 0 fully saturated rings. The topological polar surface area (TPSA) is 76.7 Å². The van der Waals surface area contributed by atoms with E-state index in [-0.39, 0.29) is 11.7 Å². The van der Waals surface area contributed by atoms with Crippen LogP contribution in [0.2, 0.25) is 0 Å². The van der Waals surface area contributed by atoms with Crippen molar-refractivity contribution in [1.29, 1.82) is 0 Å². The van der Waals surface area contributed by atoms with Crippen molar-refractivity contribution in [1.82, 2.24) is 34.6 Å². The molecule has 1 unspecified atom stereocenters. The molecule has 4 aromatic heterocycles. The lowest BCUT2D eigenvalue weighted by Gasteiger charge is -2.13. The van der Waals surface area contributed by atoms with Crippen LogP contribution in [-0.4, -0.2) is 34.6 Å². The summed E-state index contributed by atoms with van der Waals surface area (Å²) in [5.74, 6) is -0.506. The fourth-order valence-electron chi connectivity index (χ4n) is 3.37. The number of aromatic amines is 1. The van der Waals surface area contributed by atoms with Crippen molar-refractivity contribution in [2.75, 3.05) is 0 Å². The van der Waals surface area contributed by atoms with E-state index < -0.39 is 0 Å². The van der Waals surface area contributed by atoms with E-state index >= 15 is 0 Å². The van der Waals surface area contributed by atoms with Gasteiger partial charge in [0.15, 0.2) is 5.65 Å². The minimum Gasteiger partial charge on any atom is -0.278 e. The maximum absolute atomic E-state index is 14.7. The summed E-state index contributed by atoms with van der Waals surface area (Å²) in [7, 11) is 1.86. The van der Waals surface area contributed by atoms with Crippen LogP contribution in [0.15, 0.2) is 49.1 Å². The van der Waals surface area contributed by atoms with Gasteiger partial charge in [0.1, 0.15) is 5.82 Å². The van der Waals surface area contributed by atoms with Crippen LogP contribution in [0.3, 0.4) is 0 Å². The van der Waals surface area contributed by atoms with Crippen LogP contribution in [0.4, 0.5) is 4.39 Å². The second kappa shape index (κ2) is 5.73. The van der Waals surface area contributed by atoms with E-state index in [1.165, 1.54) is 6.07 Å². The lowest BCUT2D eigenvalue weighted by atomic mass is 9.96. The van der Waals surface area contributed by atoms with Gasteiger partial charge in [0.2, 0.25) is 0 Å². The number of aromatic nitrogens is 7. The number of rotatable bonds is 3. The van der Waals surface area contributed by atoms with E-state index in [0.29, 0.717) is 16.7 Å². The summed E-state index contributed by atoms with van der Waals surface area (Å²) in [6.45, 7) is 1.95.